The van der Waals surface area contributed by atoms with Crippen LogP contribution < -0.4 is 10.0 Å². The lowest BCUT2D eigenvalue weighted by Gasteiger charge is -2.09. The van der Waals surface area contributed by atoms with E-state index >= 15 is 0 Å². The molecule has 10 heteroatoms. The summed E-state index contributed by atoms with van der Waals surface area (Å²) in [5, 5.41) is 15.8. The molecule has 0 bridgehead atoms. The van der Waals surface area contributed by atoms with Crippen LogP contribution in [-0.2, 0) is 21.2 Å². The fourth-order valence-electron chi connectivity index (χ4n) is 2.11. The molecule has 2 aromatic rings. The van der Waals surface area contributed by atoms with Gasteiger partial charge in [0.15, 0.2) is 11.5 Å². The van der Waals surface area contributed by atoms with Gasteiger partial charge >= 0.3 is 0 Å². The van der Waals surface area contributed by atoms with Crippen molar-refractivity contribution in [2.45, 2.75) is 39.7 Å². The van der Waals surface area contributed by atoms with Crippen LogP contribution in [0.25, 0.3) is 5.65 Å². The number of nitrogens with one attached hydrogen (secondary N) is 2. The van der Waals surface area contributed by atoms with Crippen molar-refractivity contribution in [1.29, 1.82) is 0 Å². The molecule has 0 aromatic carbocycles. The summed E-state index contributed by atoms with van der Waals surface area (Å²) in [6, 6.07) is 3.67. The molecule has 2 rings (SSSR count). The lowest BCUT2D eigenvalue weighted by molar-refractivity contribution is 0.0787. The Labute approximate surface area is 148 Å². The maximum Gasteiger partial charge on any atom is 0.211 e. The van der Waals surface area contributed by atoms with Crippen LogP contribution in [0.5, 0.6) is 0 Å². The van der Waals surface area contributed by atoms with Crippen LogP contribution >= 0.6 is 0 Å². The highest BCUT2D eigenvalue weighted by atomic mass is 32.2. The first-order valence-electron chi connectivity index (χ1n) is 8.45. The van der Waals surface area contributed by atoms with E-state index in [0.29, 0.717) is 30.3 Å². The van der Waals surface area contributed by atoms with Crippen molar-refractivity contribution in [3.63, 3.8) is 0 Å². The highest BCUT2D eigenvalue weighted by Gasteiger charge is 2.10. The molecule has 0 fully saturated rings. The van der Waals surface area contributed by atoms with Crippen LogP contribution in [0, 0.1) is 0 Å². The van der Waals surface area contributed by atoms with Gasteiger partial charge in [-0.15, -0.1) is 15.3 Å². The Bertz CT molecular complexity index is 775. The second kappa shape index (κ2) is 9.07. The van der Waals surface area contributed by atoms with Crippen molar-refractivity contribution in [1.82, 2.24) is 24.5 Å². The molecule has 0 atom stereocenters. The van der Waals surface area contributed by atoms with Crippen molar-refractivity contribution in [3.8, 4) is 0 Å². The van der Waals surface area contributed by atoms with Gasteiger partial charge in [-0.05, 0) is 39.3 Å². The Morgan fingerprint density at radius 2 is 2.04 bits per heavy atom. The lowest BCUT2D eigenvalue weighted by atomic mass is 10.4. The largest absolute Gasteiger partial charge is 0.379 e. The van der Waals surface area contributed by atoms with Crippen LogP contribution in [0.4, 0.5) is 5.82 Å². The van der Waals surface area contributed by atoms with Gasteiger partial charge < -0.3 is 10.1 Å². The Morgan fingerprint density at radius 1 is 1.24 bits per heavy atom. The number of rotatable bonds is 11. The normalized spacial score (nSPS) is 12.2. The summed E-state index contributed by atoms with van der Waals surface area (Å²) in [5.74, 6) is 1.38. The fraction of sp³-hybridized carbons (Fsp3) is 0.667. The number of hydrogen-bond donors (Lipinski definition) is 2. The minimum atomic E-state index is -3.21. The molecule has 25 heavy (non-hydrogen) atoms. The highest BCUT2D eigenvalue weighted by molar-refractivity contribution is 7.89. The van der Waals surface area contributed by atoms with Crippen LogP contribution in [0.2, 0.25) is 0 Å². The second-order valence-electron chi connectivity index (χ2n) is 5.85. The quantitative estimate of drug-likeness (QED) is 0.564. The summed E-state index contributed by atoms with van der Waals surface area (Å²) in [6.45, 7) is 7.33. The van der Waals surface area contributed by atoms with Crippen molar-refractivity contribution in [2.24, 2.45) is 0 Å². The SMILES string of the molecule is CCS(=O)(=O)NCCc1nnc2ccc(NCCCOC(C)C)nn12. The highest BCUT2D eigenvalue weighted by Crippen LogP contribution is 2.08. The fourth-order valence-corrected chi connectivity index (χ4v) is 2.73. The maximum atomic E-state index is 11.5. The Kier molecular flexibility index (Phi) is 7.09. The molecule has 0 aliphatic heterocycles. The number of fused-ring (bicyclic) bond motifs is 1. The molecule has 2 aromatic heterocycles. The Morgan fingerprint density at radius 3 is 2.76 bits per heavy atom. The minimum Gasteiger partial charge on any atom is -0.379 e. The molecule has 0 aliphatic rings. The summed E-state index contributed by atoms with van der Waals surface area (Å²) in [5.41, 5.74) is 0.627. The van der Waals surface area contributed by atoms with E-state index in [1.165, 1.54) is 0 Å². The topological polar surface area (TPSA) is 111 Å². The zero-order chi connectivity index (χ0) is 18.3. The average molecular weight is 370 g/mol. The first-order chi connectivity index (χ1) is 11.9. The second-order valence-corrected chi connectivity index (χ2v) is 7.95. The van der Waals surface area contributed by atoms with Gasteiger partial charge in [-0.3, -0.25) is 0 Å². The molecule has 0 saturated heterocycles. The Hall–Kier alpha value is -1.78. The van der Waals surface area contributed by atoms with E-state index in [-0.39, 0.29) is 18.4 Å². The zero-order valence-corrected chi connectivity index (χ0v) is 15.7. The summed E-state index contributed by atoms with van der Waals surface area (Å²) < 4.78 is 32.6. The number of aromatic nitrogens is 4. The van der Waals surface area contributed by atoms with E-state index in [4.69, 9.17) is 4.74 Å². The molecule has 0 saturated carbocycles. The van der Waals surface area contributed by atoms with Gasteiger partial charge in [-0.1, -0.05) is 0 Å². The monoisotopic (exact) mass is 370 g/mol. The summed E-state index contributed by atoms with van der Waals surface area (Å²) >= 11 is 0. The van der Waals surface area contributed by atoms with E-state index in [0.717, 1.165) is 13.0 Å². The summed E-state index contributed by atoms with van der Waals surface area (Å²) in [7, 11) is -3.21. The molecule has 2 heterocycles. The average Bonchev–Trinajstić information content (AvgIpc) is 2.97. The molecule has 0 unspecified atom stereocenters. The summed E-state index contributed by atoms with van der Waals surface area (Å²) in [6.07, 6.45) is 1.53. The molecular formula is C15H26N6O3S. The van der Waals surface area contributed by atoms with Crippen molar-refractivity contribution >= 4 is 21.5 Å². The maximum absolute atomic E-state index is 11.5. The molecule has 0 spiro atoms. The van der Waals surface area contributed by atoms with Crippen LogP contribution in [0.3, 0.4) is 0 Å². The van der Waals surface area contributed by atoms with Crippen LogP contribution in [0.15, 0.2) is 12.1 Å². The molecule has 140 valence electrons. The van der Waals surface area contributed by atoms with Gasteiger partial charge in [-0.25, -0.2) is 13.1 Å². The van der Waals surface area contributed by atoms with E-state index in [1.54, 1.807) is 11.4 Å². The predicted octanol–water partition coefficient (Wildman–Crippen LogP) is 0.833. The van der Waals surface area contributed by atoms with Crippen molar-refractivity contribution in [3.05, 3.63) is 18.0 Å². The number of hydrogen-bond acceptors (Lipinski definition) is 7. The summed E-state index contributed by atoms with van der Waals surface area (Å²) in [4.78, 5) is 0. The van der Waals surface area contributed by atoms with Crippen LogP contribution in [0.1, 0.15) is 33.0 Å². The van der Waals surface area contributed by atoms with Crippen molar-refractivity contribution in [2.75, 3.05) is 30.8 Å². The number of ether oxygens (including phenoxy) is 1. The molecule has 0 amide bonds. The molecular weight excluding hydrogens is 344 g/mol. The minimum absolute atomic E-state index is 0.0560. The molecule has 0 radical (unpaired) electrons. The van der Waals surface area contributed by atoms with Crippen LogP contribution in [-0.4, -0.2) is 59.8 Å². The number of sulfonamides is 1. The molecule has 2 N–H and O–H groups in total. The third-order valence-corrected chi connectivity index (χ3v) is 4.86. The van der Waals surface area contributed by atoms with E-state index in [2.05, 4.69) is 25.3 Å². The molecule has 0 aliphatic carbocycles. The van der Waals surface area contributed by atoms with E-state index in [9.17, 15) is 8.42 Å². The van der Waals surface area contributed by atoms with Gasteiger partial charge in [-0.2, -0.15) is 4.52 Å². The first kappa shape index (κ1) is 19.5. The van der Waals surface area contributed by atoms with Gasteiger partial charge in [0, 0.05) is 26.1 Å². The zero-order valence-electron chi connectivity index (χ0n) is 14.9. The van der Waals surface area contributed by atoms with Gasteiger partial charge in [0.2, 0.25) is 10.0 Å². The number of anilines is 1. The third kappa shape index (κ3) is 6.22. The first-order valence-corrected chi connectivity index (χ1v) is 10.1. The van der Waals surface area contributed by atoms with E-state index < -0.39 is 10.0 Å². The molecule has 9 nitrogen and oxygen atoms in total. The van der Waals surface area contributed by atoms with Gasteiger partial charge in [0.05, 0.1) is 11.9 Å². The number of nitrogens with zero attached hydrogens (tertiary/aromatic N) is 4. The van der Waals surface area contributed by atoms with Gasteiger partial charge in [0.25, 0.3) is 0 Å². The van der Waals surface area contributed by atoms with Gasteiger partial charge in [0.1, 0.15) is 5.82 Å². The standard InChI is InChI=1S/C15H26N6O3S/c1-4-25(22,23)17-10-8-15-19-18-14-7-6-13(20-21(14)15)16-9-5-11-24-12(2)3/h6-7,12,17H,4-5,8-11H2,1-3H3,(H,16,20). The Balaban J connectivity index is 1.92. The lowest BCUT2D eigenvalue weighted by Crippen LogP contribution is -2.27. The van der Waals surface area contributed by atoms with Crippen molar-refractivity contribution < 1.29 is 13.2 Å². The van der Waals surface area contributed by atoms with E-state index in [1.807, 2.05) is 26.0 Å². The predicted molar refractivity (Wildman–Crippen MR) is 96.1 cm³/mol. The third-order valence-electron chi connectivity index (χ3n) is 3.46. The smallest absolute Gasteiger partial charge is 0.211 e.